The number of nitrogens with zero attached hydrogens (tertiary/aromatic N) is 6. The van der Waals surface area contributed by atoms with Gasteiger partial charge in [-0.1, -0.05) is 0 Å². The second kappa shape index (κ2) is 4.38. The Labute approximate surface area is 115 Å². The molecule has 0 aliphatic carbocycles. The molecule has 0 spiro atoms. The topological polar surface area (TPSA) is 75.5 Å². The molecule has 4 rings (SSSR count). The summed E-state index contributed by atoms with van der Waals surface area (Å²) in [5.41, 5.74) is 1.76. The van der Waals surface area contributed by atoms with Gasteiger partial charge in [-0.05, 0) is 19.1 Å². The van der Waals surface area contributed by atoms with Crippen LogP contribution < -0.4 is 0 Å². The molecule has 20 heavy (non-hydrogen) atoms. The number of rotatable bonds is 2. The zero-order valence-corrected chi connectivity index (χ0v) is 11.2. The number of aromatic nitrogens is 6. The number of aryl methyl sites for hydroxylation is 1. The Hall–Kier alpha value is -2.28. The van der Waals surface area contributed by atoms with Crippen LogP contribution in [0.25, 0.3) is 11.2 Å². The third-order valence-corrected chi connectivity index (χ3v) is 3.70. The average molecular weight is 269 g/mol. The minimum Gasteiger partial charge on any atom is -0.340 e. The summed E-state index contributed by atoms with van der Waals surface area (Å²) in [6.07, 6.45) is 1.76. The van der Waals surface area contributed by atoms with Crippen LogP contribution >= 0.6 is 0 Å². The summed E-state index contributed by atoms with van der Waals surface area (Å²) in [5.74, 6) is 2.97. The number of H-pyrrole nitrogens is 1. The van der Waals surface area contributed by atoms with E-state index in [1.54, 1.807) is 6.20 Å². The minimum absolute atomic E-state index is 0.776. The Balaban J connectivity index is 1.55. The number of fused-ring (bicyclic) bond motifs is 2. The first-order chi connectivity index (χ1) is 9.79. The first-order valence-electron chi connectivity index (χ1n) is 6.70. The van der Waals surface area contributed by atoms with E-state index in [0.717, 1.165) is 54.8 Å². The molecular formula is C13H15N7. The summed E-state index contributed by atoms with van der Waals surface area (Å²) in [6, 6.07) is 3.91. The third-order valence-electron chi connectivity index (χ3n) is 3.70. The van der Waals surface area contributed by atoms with Crippen LogP contribution in [0.2, 0.25) is 0 Å². The number of aromatic amines is 1. The van der Waals surface area contributed by atoms with Crippen LogP contribution in [0.5, 0.6) is 0 Å². The molecule has 3 aromatic heterocycles. The van der Waals surface area contributed by atoms with Crippen LogP contribution in [-0.4, -0.2) is 41.2 Å². The van der Waals surface area contributed by atoms with Crippen molar-refractivity contribution in [3.05, 3.63) is 35.8 Å². The molecule has 0 atom stereocenters. The molecule has 0 amide bonds. The van der Waals surface area contributed by atoms with Crippen LogP contribution in [0, 0.1) is 6.92 Å². The van der Waals surface area contributed by atoms with Gasteiger partial charge in [-0.3, -0.25) is 4.90 Å². The van der Waals surface area contributed by atoms with Crippen LogP contribution in [0.3, 0.4) is 0 Å². The smallest absolute Gasteiger partial charge is 0.177 e. The van der Waals surface area contributed by atoms with Crippen molar-refractivity contribution in [3.8, 4) is 0 Å². The molecule has 0 saturated carbocycles. The first-order valence-corrected chi connectivity index (χ1v) is 6.70. The molecule has 4 heterocycles. The Morgan fingerprint density at radius 3 is 3.15 bits per heavy atom. The van der Waals surface area contributed by atoms with E-state index < -0.39 is 0 Å². The lowest BCUT2D eigenvalue weighted by molar-refractivity contribution is 0.203. The highest BCUT2D eigenvalue weighted by molar-refractivity contribution is 5.69. The lowest BCUT2D eigenvalue weighted by Crippen LogP contribution is -2.34. The molecule has 1 aliphatic heterocycles. The molecule has 1 aliphatic rings. The summed E-state index contributed by atoms with van der Waals surface area (Å²) in [6.45, 7) is 5.51. The molecule has 102 valence electrons. The zero-order chi connectivity index (χ0) is 13.5. The normalized spacial score (nSPS) is 15.7. The largest absolute Gasteiger partial charge is 0.340 e. The van der Waals surface area contributed by atoms with Crippen molar-refractivity contribution in [2.24, 2.45) is 0 Å². The van der Waals surface area contributed by atoms with Crippen LogP contribution in [0.15, 0.2) is 18.3 Å². The molecule has 0 bridgehead atoms. The quantitative estimate of drug-likeness (QED) is 0.747. The van der Waals surface area contributed by atoms with Gasteiger partial charge in [0.25, 0.3) is 0 Å². The molecule has 0 fully saturated rings. The predicted molar refractivity (Wildman–Crippen MR) is 72.8 cm³/mol. The maximum Gasteiger partial charge on any atom is 0.177 e. The van der Waals surface area contributed by atoms with Crippen molar-refractivity contribution in [2.75, 3.05) is 6.54 Å². The van der Waals surface area contributed by atoms with Crippen molar-refractivity contribution in [2.45, 2.75) is 26.6 Å². The number of hydrogen-bond acceptors (Lipinski definition) is 5. The maximum absolute atomic E-state index is 4.52. The van der Waals surface area contributed by atoms with Gasteiger partial charge >= 0.3 is 0 Å². The van der Waals surface area contributed by atoms with Gasteiger partial charge < -0.3 is 9.55 Å². The van der Waals surface area contributed by atoms with Gasteiger partial charge in [0.05, 0.1) is 18.6 Å². The fraction of sp³-hybridized carbons (Fsp3) is 0.385. The standard InChI is InChI=1S/C13H15N7/c1-9-17-18-12-8-19(5-6-20(9)12)7-11-15-10-3-2-4-14-13(10)16-11/h2-4H,5-8H2,1H3,(H,14,15,16). The lowest BCUT2D eigenvalue weighted by Gasteiger charge is -2.26. The van der Waals surface area contributed by atoms with Gasteiger partial charge in [0.1, 0.15) is 17.5 Å². The van der Waals surface area contributed by atoms with Crippen LogP contribution in [0.1, 0.15) is 17.5 Å². The minimum atomic E-state index is 0.776. The van der Waals surface area contributed by atoms with E-state index in [-0.39, 0.29) is 0 Å². The summed E-state index contributed by atoms with van der Waals surface area (Å²) < 4.78 is 2.18. The van der Waals surface area contributed by atoms with E-state index in [0.29, 0.717) is 0 Å². The molecule has 0 radical (unpaired) electrons. The van der Waals surface area contributed by atoms with Crippen molar-refractivity contribution in [3.63, 3.8) is 0 Å². The Morgan fingerprint density at radius 2 is 2.25 bits per heavy atom. The van der Waals surface area contributed by atoms with E-state index in [1.165, 1.54) is 0 Å². The van der Waals surface area contributed by atoms with Gasteiger partial charge in [0, 0.05) is 19.3 Å². The first kappa shape index (κ1) is 11.5. The van der Waals surface area contributed by atoms with Crippen LogP contribution in [0.4, 0.5) is 0 Å². The molecule has 7 heteroatoms. The number of pyridine rings is 1. The second-order valence-corrected chi connectivity index (χ2v) is 5.08. The molecule has 0 saturated heterocycles. The lowest BCUT2D eigenvalue weighted by atomic mass is 10.3. The van der Waals surface area contributed by atoms with Gasteiger partial charge in [0.15, 0.2) is 5.65 Å². The Morgan fingerprint density at radius 1 is 1.30 bits per heavy atom. The number of hydrogen-bond donors (Lipinski definition) is 1. The fourth-order valence-electron chi connectivity index (χ4n) is 2.67. The molecule has 1 N–H and O–H groups in total. The summed E-state index contributed by atoms with van der Waals surface area (Å²) in [4.78, 5) is 14.4. The van der Waals surface area contributed by atoms with Crippen molar-refractivity contribution in [1.29, 1.82) is 0 Å². The Kier molecular flexibility index (Phi) is 2.53. The van der Waals surface area contributed by atoms with E-state index in [4.69, 9.17) is 0 Å². The molecule has 3 aromatic rings. The highest BCUT2D eigenvalue weighted by atomic mass is 15.3. The van der Waals surface area contributed by atoms with E-state index in [2.05, 4.69) is 34.6 Å². The number of imidazole rings is 1. The van der Waals surface area contributed by atoms with E-state index in [1.807, 2.05) is 19.1 Å². The SMILES string of the molecule is Cc1nnc2n1CCN(Cc1nc3ncccc3[nH]1)C2. The fourth-order valence-corrected chi connectivity index (χ4v) is 2.67. The zero-order valence-electron chi connectivity index (χ0n) is 11.2. The highest BCUT2D eigenvalue weighted by Crippen LogP contribution is 2.15. The number of nitrogens with one attached hydrogen (secondary N) is 1. The molecular weight excluding hydrogens is 254 g/mol. The van der Waals surface area contributed by atoms with Gasteiger partial charge in [-0.2, -0.15) is 0 Å². The van der Waals surface area contributed by atoms with Gasteiger partial charge in [-0.25, -0.2) is 9.97 Å². The van der Waals surface area contributed by atoms with E-state index >= 15 is 0 Å². The second-order valence-electron chi connectivity index (χ2n) is 5.08. The van der Waals surface area contributed by atoms with Crippen molar-refractivity contribution < 1.29 is 0 Å². The molecule has 7 nitrogen and oxygen atoms in total. The maximum atomic E-state index is 4.52. The van der Waals surface area contributed by atoms with Crippen LogP contribution in [-0.2, 0) is 19.6 Å². The predicted octanol–water partition coefficient (Wildman–Crippen LogP) is 0.874. The molecule has 0 unspecified atom stereocenters. The summed E-state index contributed by atoms with van der Waals surface area (Å²) in [5, 5.41) is 8.35. The third kappa shape index (κ3) is 1.87. The monoisotopic (exact) mass is 269 g/mol. The van der Waals surface area contributed by atoms with Crippen molar-refractivity contribution >= 4 is 11.2 Å². The van der Waals surface area contributed by atoms with E-state index in [9.17, 15) is 0 Å². The Bertz CT molecular complexity index is 724. The summed E-state index contributed by atoms with van der Waals surface area (Å²) >= 11 is 0. The summed E-state index contributed by atoms with van der Waals surface area (Å²) in [7, 11) is 0. The highest BCUT2D eigenvalue weighted by Gasteiger charge is 2.20. The van der Waals surface area contributed by atoms with Gasteiger partial charge in [-0.15, -0.1) is 10.2 Å². The van der Waals surface area contributed by atoms with Gasteiger partial charge in [0.2, 0.25) is 0 Å². The van der Waals surface area contributed by atoms with Crippen molar-refractivity contribution in [1.82, 2.24) is 34.6 Å². The average Bonchev–Trinajstić information content (AvgIpc) is 3.02. The molecule has 0 aromatic carbocycles.